The number of hydrogen-bond acceptors (Lipinski definition) is 2. The summed E-state index contributed by atoms with van der Waals surface area (Å²) in [6.45, 7) is 5.51. The summed E-state index contributed by atoms with van der Waals surface area (Å²) in [7, 11) is 0. The third kappa shape index (κ3) is 5.41. The first-order valence-electron chi connectivity index (χ1n) is 6.40. The lowest BCUT2D eigenvalue weighted by molar-refractivity contribution is -0.120. The molecule has 0 aliphatic rings. The van der Waals surface area contributed by atoms with Crippen LogP contribution >= 0.6 is 11.6 Å². The molecule has 18 heavy (non-hydrogen) atoms. The van der Waals surface area contributed by atoms with Crippen molar-refractivity contribution in [3.8, 4) is 0 Å². The van der Waals surface area contributed by atoms with Gasteiger partial charge in [0.1, 0.15) is 0 Å². The van der Waals surface area contributed by atoms with E-state index in [-0.39, 0.29) is 5.91 Å². The van der Waals surface area contributed by atoms with Crippen molar-refractivity contribution in [2.75, 3.05) is 18.4 Å². The quantitative estimate of drug-likeness (QED) is 0.745. The first-order chi connectivity index (χ1) is 8.63. The molecule has 0 saturated heterocycles. The van der Waals surface area contributed by atoms with Crippen LogP contribution in [-0.2, 0) is 4.79 Å². The number of carbonyl (C=O) groups is 1. The Hall–Kier alpha value is -1.22. The van der Waals surface area contributed by atoms with Crippen molar-refractivity contribution in [2.45, 2.75) is 33.1 Å². The first-order valence-corrected chi connectivity index (χ1v) is 6.78. The van der Waals surface area contributed by atoms with Gasteiger partial charge in [-0.05, 0) is 31.0 Å². The number of amides is 1. The molecule has 0 aliphatic carbocycles. The number of aryl methyl sites for hydroxylation is 1. The fourth-order valence-corrected chi connectivity index (χ4v) is 1.76. The van der Waals surface area contributed by atoms with Crippen molar-refractivity contribution >= 4 is 23.2 Å². The van der Waals surface area contributed by atoms with Crippen molar-refractivity contribution in [2.24, 2.45) is 0 Å². The smallest absolute Gasteiger partial charge is 0.221 e. The molecule has 0 atom stereocenters. The summed E-state index contributed by atoms with van der Waals surface area (Å²) in [5, 5.41) is 6.82. The molecule has 1 aromatic carbocycles. The van der Waals surface area contributed by atoms with Gasteiger partial charge in [0.25, 0.3) is 0 Å². The number of rotatable bonds is 7. The lowest BCUT2D eigenvalue weighted by atomic mass is 10.2. The number of benzene rings is 1. The summed E-state index contributed by atoms with van der Waals surface area (Å²) in [4.78, 5) is 11.5. The van der Waals surface area contributed by atoms with Gasteiger partial charge in [-0.25, -0.2) is 0 Å². The average molecular weight is 269 g/mol. The summed E-state index contributed by atoms with van der Waals surface area (Å²) in [6, 6.07) is 5.71. The molecule has 0 heterocycles. The van der Waals surface area contributed by atoms with E-state index in [2.05, 4.69) is 17.6 Å². The number of unbranched alkanes of at least 4 members (excludes halogenated alkanes) is 1. The fourth-order valence-electron chi connectivity index (χ4n) is 1.59. The van der Waals surface area contributed by atoms with E-state index in [1.54, 1.807) is 0 Å². The maximum absolute atomic E-state index is 11.5. The Morgan fingerprint density at radius 3 is 2.83 bits per heavy atom. The predicted octanol–water partition coefficient (Wildman–Crippen LogP) is 3.37. The molecule has 100 valence electrons. The zero-order valence-electron chi connectivity index (χ0n) is 11.1. The third-order valence-corrected chi connectivity index (χ3v) is 2.95. The summed E-state index contributed by atoms with van der Waals surface area (Å²) in [6.07, 6.45) is 2.61. The Morgan fingerprint density at radius 1 is 1.33 bits per heavy atom. The summed E-state index contributed by atoms with van der Waals surface area (Å²) in [5.74, 6) is 0.0932. The molecule has 1 rings (SSSR count). The van der Waals surface area contributed by atoms with Crippen molar-refractivity contribution in [1.29, 1.82) is 0 Å². The Kier molecular flexibility index (Phi) is 6.58. The minimum atomic E-state index is 0.0932. The number of anilines is 1. The molecule has 0 radical (unpaired) electrons. The molecule has 0 bridgehead atoms. The van der Waals surface area contributed by atoms with E-state index in [1.165, 1.54) is 0 Å². The Morgan fingerprint density at radius 2 is 2.11 bits per heavy atom. The van der Waals surface area contributed by atoms with Gasteiger partial charge >= 0.3 is 0 Å². The van der Waals surface area contributed by atoms with Crippen molar-refractivity contribution in [1.82, 2.24) is 5.32 Å². The summed E-state index contributed by atoms with van der Waals surface area (Å²) >= 11 is 5.92. The SMILES string of the molecule is CCCCNC(=O)CCNc1cc(Cl)ccc1C. The number of nitrogens with one attached hydrogen (secondary N) is 2. The highest BCUT2D eigenvalue weighted by atomic mass is 35.5. The van der Waals surface area contributed by atoms with Crippen LogP contribution in [-0.4, -0.2) is 19.0 Å². The lowest BCUT2D eigenvalue weighted by Crippen LogP contribution is -2.26. The largest absolute Gasteiger partial charge is 0.384 e. The van der Waals surface area contributed by atoms with Crippen LogP contribution in [0.3, 0.4) is 0 Å². The molecule has 0 aromatic heterocycles. The molecule has 0 unspecified atom stereocenters. The highest BCUT2D eigenvalue weighted by molar-refractivity contribution is 6.30. The summed E-state index contributed by atoms with van der Waals surface area (Å²) in [5.41, 5.74) is 2.12. The predicted molar refractivity (Wildman–Crippen MR) is 77.2 cm³/mol. The molecule has 1 aromatic rings. The van der Waals surface area contributed by atoms with Crippen LogP contribution in [0.15, 0.2) is 18.2 Å². The zero-order chi connectivity index (χ0) is 13.4. The van der Waals surface area contributed by atoms with Gasteiger partial charge in [-0.2, -0.15) is 0 Å². The molecule has 0 fully saturated rings. The second kappa shape index (κ2) is 7.98. The minimum Gasteiger partial charge on any atom is -0.384 e. The van der Waals surface area contributed by atoms with Crippen LogP contribution < -0.4 is 10.6 Å². The van der Waals surface area contributed by atoms with E-state index in [1.807, 2.05) is 25.1 Å². The second-order valence-corrected chi connectivity index (χ2v) is 4.78. The van der Waals surface area contributed by atoms with Gasteiger partial charge in [-0.3, -0.25) is 4.79 Å². The van der Waals surface area contributed by atoms with E-state index in [9.17, 15) is 4.79 Å². The highest BCUT2D eigenvalue weighted by Gasteiger charge is 2.02. The van der Waals surface area contributed by atoms with Gasteiger partial charge in [0.2, 0.25) is 5.91 Å². The molecular formula is C14H21ClN2O. The van der Waals surface area contributed by atoms with E-state index < -0.39 is 0 Å². The molecule has 3 nitrogen and oxygen atoms in total. The molecular weight excluding hydrogens is 248 g/mol. The molecule has 0 aliphatic heterocycles. The molecule has 1 amide bonds. The van der Waals surface area contributed by atoms with Crippen molar-refractivity contribution in [3.63, 3.8) is 0 Å². The van der Waals surface area contributed by atoms with Crippen LogP contribution in [0.4, 0.5) is 5.69 Å². The van der Waals surface area contributed by atoms with Gasteiger partial charge in [-0.1, -0.05) is 31.0 Å². The molecule has 0 saturated carbocycles. The maximum Gasteiger partial charge on any atom is 0.221 e. The second-order valence-electron chi connectivity index (χ2n) is 4.34. The standard InChI is InChI=1S/C14H21ClN2O/c1-3-4-8-17-14(18)7-9-16-13-10-12(15)6-5-11(13)2/h5-6,10,16H,3-4,7-9H2,1-2H3,(H,17,18). The molecule has 0 spiro atoms. The van der Waals surface area contributed by atoms with Gasteiger partial charge in [-0.15, -0.1) is 0 Å². The van der Waals surface area contributed by atoms with E-state index in [0.29, 0.717) is 18.0 Å². The number of carbonyl (C=O) groups excluding carboxylic acids is 1. The van der Waals surface area contributed by atoms with Crippen LogP contribution in [0.1, 0.15) is 31.7 Å². The van der Waals surface area contributed by atoms with Crippen LogP contribution in [0.2, 0.25) is 5.02 Å². The topological polar surface area (TPSA) is 41.1 Å². The monoisotopic (exact) mass is 268 g/mol. The maximum atomic E-state index is 11.5. The normalized spacial score (nSPS) is 10.2. The Labute approximate surface area is 114 Å². The lowest BCUT2D eigenvalue weighted by Gasteiger charge is -2.10. The van der Waals surface area contributed by atoms with Crippen LogP contribution in [0, 0.1) is 6.92 Å². The number of halogens is 1. The third-order valence-electron chi connectivity index (χ3n) is 2.72. The van der Waals surface area contributed by atoms with Crippen molar-refractivity contribution < 1.29 is 4.79 Å². The van der Waals surface area contributed by atoms with Crippen LogP contribution in [0.25, 0.3) is 0 Å². The molecule has 2 N–H and O–H groups in total. The first kappa shape index (κ1) is 14.8. The van der Waals surface area contributed by atoms with E-state index in [0.717, 1.165) is 30.6 Å². The summed E-state index contributed by atoms with van der Waals surface area (Å²) < 4.78 is 0. The minimum absolute atomic E-state index is 0.0932. The van der Waals surface area contributed by atoms with Crippen LogP contribution in [0.5, 0.6) is 0 Å². The Balaban J connectivity index is 2.28. The zero-order valence-corrected chi connectivity index (χ0v) is 11.8. The number of hydrogen-bond donors (Lipinski definition) is 2. The van der Waals surface area contributed by atoms with Gasteiger partial charge in [0.15, 0.2) is 0 Å². The van der Waals surface area contributed by atoms with Gasteiger partial charge in [0, 0.05) is 30.2 Å². The van der Waals surface area contributed by atoms with Crippen molar-refractivity contribution in [3.05, 3.63) is 28.8 Å². The average Bonchev–Trinajstić information content (AvgIpc) is 2.34. The van der Waals surface area contributed by atoms with Gasteiger partial charge < -0.3 is 10.6 Å². The Bertz CT molecular complexity index is 393. The van der Waals surface area contributed by atoms with E-state index >= 15 is 0 Å². The van der Waals surface area contributed by atoms with E-state index in [4.69, 9.17) is 11.6 Å². The molecule has 4 heteroatoms. The highest BCUT2D eigenvalue weighted by Crippen LogP contribution is 2.19. The fraction of sp³-hybridized carbons (Fsp3) is 0.500. The van der Waals surface area contributed by atoms with Gasteiger partial charge in [0.05, 0.1) is 0 Å².